The molecule has 2 aromatic rings. The molecule has 0 radical (unpaired) electrons. The smallest absolute Gasteiger partial charge is 0.255 e. The molecule has 2 aliphatic rings. The highest BCUT2D eigenvalue weighted by Crippen LogP contribution is 2.23. The van der Waals surface area contributed by atoms with Crippen molar-refractivity contribution >= 4 is 23.2 Å². The zero-order chi connectivity index (χ0) is 19.3. The van der Waals surface area contributed by atoms with Crippen molar-refractivity contribution in [3.63, 3.8) is 0 Å². The molecule has 2 aromatic carbocycles. The van der Waals surface area contributed by atoms with Gasteiger partial charge in [0.15, 0.2) is 0 Å². The molecule has 2 aliphatic heterocycles. The summed E-state index contributed by atoms with van der Waals surface area (Å²) in [6.07, 6.45) is 3.73. The lowest BCUT2D eigenvalue weighted by Crippen LogP contribution is -2.23. The minimum Gasteiger partial charge on any atom is -0.491 e. The summed E-state index contributed by atoms with van der Waals surface area (Å²) < 4.78 is 11.3. The third-order valence-electron chi connectivity index (χ3n) is 5.07. The first-order valence-electron chi connectivity index (χ1n) is 9.75. The molecule has 0 aromatic heterocycles. The Morgan fingerprint density at radius 2 is 2.04 bits per heavy atom. The zero-order valence-corrected chi connectivity index (χ0v) is 15.7. The van der Waals surface area contributed by atoms with Crippen molar-refractivity contribution in [2.24, 2.45) is 0 Å². The molecule has 1 atom stereocenters. The van der Waals surface area contributed by atoms with Gasteiger partial charge in [-0.05, 0) is 55.7 Å². The molecule has 6 nitrogen and oxygen atoms in total. The predicted molar refractivity (Wildman–Crippen MR) is 107 cm³/mol. The first-order chi connectivity index (χ1) is 13.7. The fourth-order valence-corrected chi connectivity index (χ4v) is 3.55. The molecule has 0 spiro atoms. The fraction of sp³-hybridized carbons (Fsp3) is 0.364. The Kier molecular flexibility index (Phi) is 5.58. The summed E-state index contributed by atoms with van der Waals surface area (Å²) in [7, 11) is 0. The van der Waals surface area contributed by atoms with Gasteiger partial charge in [0.25, 0.3) is 5.91 Å². The molecule has 1 N–H and O–H groups in total. The van der Waals surface area contributed by atoms with Gasteiger partial charge in [0.2, 0.25) is 5.91 Å². The Hall–Kier alpha value is -2.86. The maximum Gasteiger partial charge on any atom is 0.255 e. The molecular formula is C22H24N2O4. The van der Waals surface area contributed by atoms with E-state index in [9.17, 15) is 9.59 Å². The number of hydrogen-bond donors (Lipinski definition) is 1. The number of anilines is 2. The highest BCUT2D eigenvalue weighted by atomic mass is 16.5. The molecule has 0 bridgehead atoms. The molecule has 0 saturated carbocycles. The second-order valence-electron chi connectivity index (χ2n) is 7.12. The standard InChI is InChI=1S/C22H24N2O4/c25-21-7-2-12-24(21)18-10-8-16(9-11-18)22(26)23-17-4-1-5-19(14-17)28-15-20-6-3-13-27-20/h1,4-5,8-11,14,20H,2-3,6-7,12-13,15H2,(H,23,26). The summed E-state index contributed by atoms with van der Waals surface area (Å²) in [6.45, 7) is 2.06. The molecule has 4 rings (SSSR count). The van der Waals surface area contributed by atoms with Crippen LogP contribution < -0.4 is 15.0 Å². The van der Waals surface area contributed by atoms with Crippen LogP contribution in [0.5, 0.6) is 5.75 Å². The number of benzene rings is 2. The van der Waals surface area contributed by atoms with Gasteiger partial charge < -0.3 is 19.7 Å². The highest BCUT2D eigenvalue weighted by molar-refractivity contribution is 6.05. The minimum absolute atomic E-state index is 0.136. The van der Waals surface area contributed by atoms with E-state index in [4.69, 9.17) is 9.47 Å². The molecule has 2 heterocycles. The molecule has 2 fully saturated rings. The Labute approximate surface area is 164 Å². The normalized spacial score (nSPS) is 19.1. The average molecular weight is 380 g/mol. The third kappa shape index (κ3) is 4.34. The molecular weight excluding hydrogens is 356 g/mol. The van der Waals surface area contributed by atoms with Crippen LogP contribution in [0.1, 0.15) is 36.0 Å². The van der Waals surface area contributed by atoms with E-state index in [0.717, 1.165) is 38.1 Å². The number of nitrogens with one attached hydrogen (secondary N) is 1. The van der Waals surface area contributed by atoms with Crippen LogP contribution in [0.4, 0.5) is 11.4 Å². The Morgan fingerprint density at radius 1 is 1.18 bits per heavy atom. The number of amides is 2. The van der Waals surface area contributed by atoms with Crippen molar-refractivity contribution in [1.82, 2.24) is 0 Å². The van der Waals surface area contributed by atoms with Crippen LogP contribution in [-0.4, -0.2) is 37.7 Å². The van der Waals surface area contributed by atoms with E-state index in [1.165, 1.54) is 0 Å². The summed E-state index contributed by atoms with van der Waals surface area (Å²) >= 11 is 0. The van der Waals surface area contributed by atoms with E-state index >= 15 is 0 Å². The molecule has 2 saturated heterocycles. The molecule has 28 heavy (non-hydrogen) atoms. The number of rotatable bonds is 6. The lowest BCUT2D eigenvalue weighted by molar-refractivity contribution is -0.117. The SMILES string of the molecule is O=C(Nc1cccc(OCC2CCCO2)c1)c1ccc(N2CCCC2=O)cc1. The first-order valence-corrected chi connectivity index (χ1v) is 9.75. The van der Waals surface area contributed by atoms with Gasteiger partial charge in [-0.2, -0.15) is 0 Å². The van der Waals surface area contributed by atoms with E-state index in [1.807, 2.05) is 36.4 Å². The van der Waals surface area contributed by atoms with Crippen molar-refractivity contribution < 1.29 is 19.1 Å². The van der Waals surface area contributed by atoms with Gasteiger partial charge in [-0.15, -0.1) is 0 Å². The van der Waals surface area contributed by atoms with Crippen LogP contribution in [0.15, 0.2) is 48.5 Å². The van der Waals surface area contributed by atoms with Crippen molar-refractivity contribution in [3.05, 3.63) is 54.1 Å². The number of nitrogens with zero attached hydrogens (tertiary/aromatic N) is 1. The van der Waals surface area contributed by atoms with Crippen molar-refractivity contribution in [2.45, 2.75) is 31.8 Å². The van der Waals surface area contributed by atoms with E-state index in [1.54, 1.807) is 17.0 Å². The average Bonchev–Trinajstić information content (AvgIpc) is 3.38. The van der Waals surface area contributed by atoms with Gasteiger partial charge in [-0.1, -0.05) is 6.07 Å². The second kappa shape index (κ2) is 8.44. The first kappa shape index (κ1) is 18.5. The number of ether oxygens (including phenoxy) is 2. The van der Waals surface area contributed by atoms with Crippen LogP contribution in [0, 0.1) is 0 Å². The largest absolute Gasteiger partial charge is 0.491 e. The summed E-state index contributed by atoms with van der Waals surface area (Å²) in [6, 6.07) is 14.5. The maximum absolute atomic E-state index is 12.5. The quantitative estimate of drug-likeness (QED) is 0.831. The maximum atomic E-state index is 12.5. The van der Waals surface area contributed by atoms with Crippen LogP contribution in [0.25, 0.3) is 0 Å². The van der Waals surface area contributed by atoms with E-state index in [2.05, 4.69) is 5.32 Å². The Balaban J connectivity index is 1.36. The molecule has 146 valence electrons. The highest BCUT2D eigenvalue weighted by Gasteiger charge is 2.21. The van der Waals surface area contributed by atoms with Gasteiger partial charge in [-0.25, -0.2) is 0 Å². The van der Waals surface area contributed by atoms with Crippen LogP contribution in [0.2, 0.25) is 0 Å². The van der Waals surface area contributed by atoms with Crippen LogP contribution in [-0.2, 0) is 9.53 Å². The number of carbonyl (C=O) groups is 2. The Bertz CT molecular complexity index is 844. The number of hydrogen-bond acceptors (Lipinski definition) is 4. The van der Waals surface area contributed by atoms with Gasteiger partial charge in [0.05, 0.1) is 6.10 Å². The van der Waals surface area contributed by atoms with Crippen molar-refractivity contribution in [3.8, 4) is 5.75 Å². The summed E-state index contributed by atoms with van der Waals surface area (Å²) in [5.74, 6) is 0.642. The summed E-state index contributed by atoms with van der Waals surface area (Å²) in [5, 5.41) is 2.89. The van der Waals surface area contributed by atoms with E-state index in [-0.39, 0.29) is 17.9 Å². The van der Waals surface area contributed by atoms with Crippen LogP contribution in [0.3, 0.4) is 0 Å². The topological polar surface area (TPSA) is 67.9 Å². The monoisotopic (exact) mass is 380 g/mol. The van der Waals surface area contributed by atoms with Crippen molar-refractivity contribution in [1.29, 1.82) is 0 Å². The summed E-state index contributed by atoms with van der Waals surface area (Å²) in [5.41, 5.74) is 2.05. The minimum atomic E-state index is -0.199. The van der Waals surface area contributed by atoms with Crippen LogP contribution >= 0.6 is 0 Å². The van der Waals surface area contributed by atoms with E-state index in [0.29, 0.717) is 30.0 Å². The van der Waals surface area contributed by atoms with Gasteiger partial charge in [-0.3, -0.25) is 9.59 Å². The lowest BCUT2D eigenvalue weighted by Gasteiger charge is -2.16. The zero-order valence-electron chi connectivity index (χ0n) is 15.7. The van der Waals surface area contributed by atoms with E-state index < -0.39 is 0 Å². The van der Waals surface area contributed by atoms with Gasteiger partial charge in [0.1, 0.15) is 12.4 Å². The fourth-order valence-electron chi connectivity index (χ4n) is 3.55. The molecule has 6 heteroatoms. The molecule has 2 amide bonds. The molecule has 0 aliphatic carbocycles. The number of carbonyl (C=O) groups excluding carboxylic acids is 2. The van der Waals surface area contributed by atoms with Gasteiger partial charge in [0, 0.05) is 42.6 Å². The predicted octanol–water partition coefficient (Wildman–Crippen LogP) is 3.62. The third-order valence-corrected chi connectivity index (χ3v) is 5.07. The molecule has 1 unspecified atom stereocenters. The second-order valence-corrected chi connectivity index (χ2v) is 7.12. The van der Waals surface area contributed by atoms with Gasteiger partial charge >= 0.3 is 0 Å². The summed E-state index contributed by atoms with van der Waals surface area (Å²) in [4.78, 5) is 26.1. The lowest BCUT2D eigenvalue weighted by atomic mass is 10.1. The van der Waals surface area contributed by atoms with Crippen molar-refractivity contribution in [2.75, 3.05) is 30.0 Å². The Morgan fingerprint density at radius 3 is 2.75 bits per heavy atom.